The minimum Gasteiger partial charge on any atom is -0.143 e. The van der Waals surface area contributed by atoms with Crippen LogP contribution in [0.3, 0.4) is 0 Å². The number of hydrogen-bond donors (Lipinski definition) is 2. The van der Waals surface area contributed by atoms with Crippen molar-refractivity contribution in [3.05, 3.63) is 83.2 Å². The van der Waals surface area contributed by atoms with Crippen molar-refractivity contribution in [2.24, 2.45) is 0 Å². The molecule has 0 saturated carbocycles. The third-order valence-corrected chi connectivity index (χ3v) is 3.67. The van der Waals surface area contributed by atoms with Gasteiger partial charge in [-0.2, -0.15) is 0 Å². The highest BCUT2D eigenvalue weighted by atomic mass is 32.1. The minimum absolute atomic E-state index is 0.606. The molecule has 0 bridgehead atoms. The van der Waals surface area contributed by atoms with Crippen LogP contribution in [0.1, 0.15) is 22.5 Å². The molecule has 0 atom stereocenters. The van der Waals surface area contributed by atoms with Gasteiger partial charge >= 0.3 is 0 Å². The highest BCUT2D eigenvalue weighted by Gasteiger charge is 1.93. The van der Waals surface area contributed by atoms with Crippen molar-refractivity contribution in [2.75, 3.05) is 0 Å². The fourth-order valence-electron chi connectivity index (χ4n) is 1.83. The van der Waals surface area contributed by atoms with Gasteiger partial charge in [-0.25, -0.2) is 0 Å². The van der Waals surface area contributed by atoms with E-state index in [1.54, 1.807) is 0 Å². The second-order valence-corrected chi connectivity index (χ2v) is 5.93. The molecule has 114 valence electrons. The Morgan fingerprint density at radius 2 is 0.875 bits per heavy atom. The van der Waals surface area contributed by atoms with Crippen molar-refractivity contribution in [1.82, 2.24) is 10.2 Å². The zero-order valence-electron chi connectivity index (χ0n) is 12.6. The van der Waals surface area contributed by atoms with Gasteiger partial charge < -0.3 is 0 Å². The van der Waals surface area contributed by atoms with Gasteiger partial charge in [0, 0.05) is 20.9 Å². The molecular weight excluding hydrogens is 332 g/mol. The maximum Gasteiger partial charge on any atom is 0.136 e. The molecule has 0 spiro atoms. The summed E-state index contributed by atoms with van der Waals surface area (Å²) in [4.78, 5) is 1.82. The molecule has 2 nitrogen and oxygen atoms in total. The normalized spacial score (nSPS) is 9.42. The molecule has 0 radical (unpaired) electrons. The number of hydrogen-bond acceptors (Lipinski definition) is 4. The molecule has 1 aromatic heterocycles. The van der Waals surface area contributed by atoms with E-state index in [2.05, 4.69) is 59.1 Å². The van der Waals surface area contributed by atoms with Gasteiger partial charge in [0.1, 0.15) is 11.4 Å². The molecule has 3 aromatic rings. The maximum atomic E-state index is 4.24. The molecular formula is C20H12N2S2. The average Bonchev–Trinajstić information content (AvgIpc) is 2.62. The van der Waals surface area contributed by atoms with Crippen LogP contribution in [0.25, 0.3) is 0 Å². The Morgan fingerprint density at radius 1 is 0.500 bits per heavy atom. The van der Waals surface area contributed by atoms with Crippen LogP contribution in [0.15, 0.2) is 70.5 Å². The lowest BCUT2D eigenvalue weighted by Crippen LogP contribution is -1.90. The predicted molar refractivity (Wildman–Crippen MR) is 101 cm³/mol. The Hall–Kier alpha value is -2.66. The number of thiol groups is 2. The first-order valence-corrected chi connectivity index (χ1v) is 8.04. The molecule has 0 fully saturated rings. The topological polar surface area (TPSA) is 25.8 Å². The van der Waals surface area contributed by atoms with E-state index in [-0.39, 0.29) is 0 Å². The summed E-state index contributed by atoms with van der Waals surface area (Å²) in [5.41, 5.74) is 3.03. The third kappa shape index (κ3) is 4.67. The smallest absolute Gasteiger partial charge is 0.136 e. The zero-order chi connectivity index (χ0) is 16.8. The quantitative estimate of drug-likeness (QED) is 0.478. The summed E-state index contributed by atoms with van der Waals surface area (Å²) in [6, 6.07) is 18.9. The van der Waals surface area contributed by atoms with Crippen molar-refractivity contribution >= 4 is 25.3 Å². The van der Waals surface area contributed by atoms with Crippen molar-refractivity contribution < 1.29 is 0 Å². The second-order valence-electron chi connectivity index (χ2n) is 4.90. The fourth-order valence-corrected chi connectivity index (χ4v) is 2.13. The largest absolute Gasteiger partial charge is 0.143 e. The Labute approximate surface area is 152 Å². The van der Waals surface area contributed by atoms with Crippen molar-refractivity contribution in [1.29, 1.82) is 0 Å². The number of rotatable bonds is 0. The highest BCUT2D eigenvalue weighted by molar-refractivity contribution is 7.80. The van der Waals surface area contributed by atoms with Gasteiger partial charge in [-0.3, -0.25) is 0 Å². The van der Waals surface area contributed by atoms with Crippen LogP contribution in [0.4, 0.5) is 0 Å². The molecule has 0 saturated heterocycles. The summed E-state index contributed by atoms with van der Waals surface area (Å²) >= 11 is 8.49. The van der Waals surface area contributed by atoms with E-state index in [0.29, 0.717) is 11.4 Å². The Kier molecular flexibility index (Phi) is 5.23. The standard InChI is InChI=1S/C20H12N2S2/c23-19-11-3-15(4-12-19)1-7-17-9-10-18(22-21-17)8-2-16-5-13-20(24)14-6-16/h3-6,9-14,23-24H. The number of benzene rings is 2. The Morgan fingerprint density at radius 3 is 1.21 bits per heavy atom. The first kappa shape index (κ1) is 16.2. The monoisotopic (exact) mass is 344 g/mol. The molecule has 0 amide bonds. The third-order valence-electron chi connectivity index (χ3n) is 3.07. The minimum atomic E-state index is 0.606. The lowest BCUT2D eigenvalue weighted by atomic mass is 10.2. The van der Waals surface area contributed by atoms with Gasteiger partial charge in [0.25, 0.3) is 0 Å². The van der Waals surface area contributed by atoms with Gasteiger partial charge in [0.15, 0.2) is 0 Å². The maximum absolute atomic E-state index is 4.24. The summed E-state index contributed by atoms with van der Waals surface area (Å²) < 4.78 is 0. The molecule has 24 heavy (non-hydrogen) atoms. The van der Waals surface area contributed by atoms with E-state index in [1.165, 1.54) is 0 Å². The molecule has 4 heteroatoms. The van der Waals surface area contributed by atoms with E-state index < -0.39 is 0 Å². The summed E-state index contributed by atoms with van der Waals surface area (Å²) in [6.07, 6.45) is 0. The van der Waals surface area contributed by atoms with Crippen LogP contribution in [0, 0.1) is 23.7 Å². The van der Waals surface area contributed by atoms with E-state index >= 15 is 0 Å². The molecule has 0 unspecified atom stereocenters. The van der Waals surface area contributed by atoms with E-state index in [4.69, 9.17) is 0 Å². The summed E-state index contributed by atoms with van der Waals surface area (Å²) in [5, 5.41) is 8.17. The lowest BCUT2D eigenvalue weighted by molar-refractivity contribution is 0.998. The number of nitrogens with zero attached hydrogens (tertiary/aromatic N) is 2. The van der Waals surface area contributed by atoms with Crippen LogP contribution in [-0.4, -0.2) is 10.2 Å². The molecule has 3 rings (SSSR count). The Balaban J connectivity index is 1.72. The predicted octanol–water partition coefficient (Wildman–Crippen LogP) is 3.85. The van der Waals surface area contributed by atoms with Crippen LogP contribution in [0.5, 0.6) is 0 Å². The van der Waals surface area contributed by atoms with Gasteiger partial charge in [0.2, 0.25) is 0 Å². The average molecular weight is 344 g/mol. The summed E-state index contributed by atoms with van der Waals surface area (Å²) in [7, 11) is 0. The van der Waals surface area contributed by atoms with Gasteiger partial charge in [-0.15, -0.1) is 35.5 Å². The zero-order valence-corrected chi connectivity index (χ0v) is 14.4. The molecule has 0 N–H and O–H groups in total. The van der Waals surface area contributed by atoms with Crippen molar-refractivity contribution in [2.45, 2.75) is 9.79 Å². The molecule has 2 aromatic carbocycles. The van der Waals surface area contributed by atoms with E-state index in [0.717, 1.165) is 20.9 Å². The number of aromatic nitrogens is 2. The van der Waals surface area contributed by atoms with Gasteiger partial charge in [0.05, 0.1) is 0 Å². The van der Waals surface area contributed by atoms with Gasteiger partial charge in [-0.1, -0.05) is 11.8 Å². The van der Waals surface area contributed by atoms with Gasteiger partial charge in [-0.05, 0) is 72.5 Å². The van der Waals surface area contributed by atoms with Crippen molar-refractivity contribution in [3.8, 4) is 23.7 Å². The molecule has 0 aliphatic heterocycles. The molecule has 1 heterocycles. The Bertz CT molecular complexity index is 871. The van der Waals surface area contributed by atoms with Crippen LogP contribution in [-0.2, 0) is 0 Å². The van der Waals surface area contributed by atoms with Crippen LogP contribution in [0.2, 0.25) is 0 Å². The van der Waals surface area contributed by atoms with E-state index in [9.17, 15) is 0 Å². The van der Waals surface area contributed by atoms with E-state index in [1.807, 2.05) is 60.7 Å². The molecule has 0 aliphatic carbocycles. The van der Waals surface area contributed by atoms with Crippen LogP contribution < -0.4 is 0 Å². The summed E-state index contributed by atoms with van der Waals surface area (Å²) in [6.45, 7) is 0. The second kappa shape index (κ2) is 7.75. The summed E-state index contributed by atoms with van der Waals surface area (Å²) in [5.74, 6) is 12.0. The van der Waals surface area contributed by atoms with Crippen LogP contribution >= 0.6 is 25.3 Å². The first-order valence-electron chi connectivity index (χ1n) is 7.15. The lowest BCUT2D eigenvalue weighted by Gasteiger charge is -1.92. The molecule has 0 aliphatic rings. The highest BCUT2D eigenvalue weighted by Crippen LogP contribution is 2.07. The first-order chi connectivity index (χ1) is 11.7. The fraction of sp³-hybridized carbons (Fsp3) is 0. The van der Waals surface area contributed by atoms with Crippen molar-refractivity contribution in [3.63, 3.8) is 0 Å². The SMILES string of the molecule is Sc1ccc(C#Cc2ccc(C#Cc3ccc(S)cc3)nn2)cc1.